The van der Waals surface area contributed by atoms with E-state index in [1.54, 1.807) is 0 Å². The molecule has 6 saturated heterocycles. The molecule has 6 unspecified atom stereocenters. The first kappa shape index (κ1) is 123. The van der Waals surface area contributed by atoms with Gasteiger partial charge in [-0.3, -0.25) is 0 Å². The van der Waals surface area contributed by atoms with E-state index in [0.29, 0.717) is 103 Å². The van der Waals surface area contributed by atoms with Crippen molar-refractivity contribution in [1.29, 1.82) is 0 Å². The molecule has 1 N–H and O–H groups in total. The number of anilines is 10. The van der Waals surface area contributed by atoms with Crippen LogP contribution in [0.5, 0.6) is 0 Å². The third-order valence-corrected chi connectivity index (χ3v) is 29.7. The summed E-state index contributed by atoms with van der Waals surface area (Å²) >= 11 is 0. The second-order valence-corrected chi connectivity index (χ2v) is 39.4. The van der Waals surface area contributed by atoms with Gasteiger partial charge in [0.1, 0.15) is 0 Å². The Labute approximate surface area is 948 Å². The summed E-state index contributed by atoms with van der Waals surface area (Å²) in [6, 6.07) is 130. The fourth-order valence-corrected chi connectivity index (χ4v) is 20.2. The van der Waals surface area contributed by atoms with E-state index < -0.39 is 0 Å². The van der Waals surface area contributed by atoms with Gasteiger partial charge in [-0.1, -0.05) is 302 Å². The third-order valence-electron chi connectivity index (χ3n) is 29.7. The minimum atomic E-state index is 0. The van der Waals surface area contributed by atoms with E-state index in [-0.39, 0.29) is 138 Å². The molecule has 742 valence electrons. The fourth-order valence-electron chi connectivity index (χ4n) is 20.2. The molecule has 0 saturated carbocycles. The fraction of sp³-hybridized carbons (Fsp3) is 0.270. The van der Waals surface area contributed by atoms with Gasteiger partial charge in [0, 0.05) is 40.2 Å². The molecule has 7 aliphatic heterocycles. The molecule has 6 fully saturated rings. The van der Waals surface area contributed by atoms with Crippen LogP contribution in [0.15, 0.2) is 322 Å². The van der Waals surface area contributed by atoms with Gasteiger partial charge in [0.15, 0.2) is 20.5 Å². The van der Waals surface area contributed by atoms with Gasteiger partial charge in [0.05, 0.1) is 0 Å². The molecule has 6 atom stereocenters. The van der Waals surface area contributed by atoms with E-state index in [9.17, 15) is 0 Å². The minimum Gasteiger partial charge on any atom is -0.575 e. The van der Waals surface area contributed by atoms with E-state index in [1.807, 2.05) is 109 Å². The average Bonchev–Trinajstić information content (AvgIpc) is 1.18. The third kappa shape index (κ3) is 31.4. The normalized spacial score (nSPS) is 18.5. The molecule has 12 aromatic rings. The van der Waals surface area contributed by atoms with Crippen LogP contribution in [-0.4, -0.2) is 118 Å². The molecule has 143 heavy (non-hydrogen) atoms. The SMILES string of the molecule is CB1C(C(C)(C)C)B(C)N(c2ccccc2)[CH-]N1c1[c-]cccc1.CB1C(C)B(C)N(c2[c-]cc(C)cc2C)[CH-]N1C.CB1C(C)B(C)N(c2[c-]cccc2)[CH-]N1C.CB1C(C)B(C)N(c2[c-]cccc2)[CH-]N1C.CB1C(C)B(C)N(c2ccccc2)[CH-]N1c1[c-]cccc1.CC1B(c2ccccc2)N(c2[c-]cccc2)[CH-]N(c2ccccc2)B1c1ccccc1.[Ir].[Ir].[Os+2].[Os+2].[Os+2].[Os+2].[c-]1ccccc1N1C=CN[CH-]1. The van der Waals surface area contributed by atoms with Crippen LogP contribution in [0, 0.1) is 108 Å². The molecule has 12 aromatic carbocycles. The van der Waals surface area contributed by atoms with Gasteiger partial charge in [-0.15, -0.1) is 45.4 Å². The Kier molecular flexibility index (Phi) is 50.7. The van der Waals surface area contributed by atoms with E-state index in [1.165, 1.54) is 44.8 Å². The Morgan fingerprint density at radius 1 is 0.294 bits per heavy atom. The molecule has 7 aliphatic rings. The van der Waals surface area contributed by atoms with Crippen LogP contribution in [0.25, 0.3) is 0 Å². The van der Waals surface area contributed by atoms with Crippen LogP contribution in [0.1, 0.15) is 66.5 Å². The van der Waals surface area contributed by atoms with Crippen molar-refractivity contribution in [2.45, 2.75) is 172 Å². The first-order valence-electron chi connectivity index (χ1n) is 49.4. The summed E-state index contributed by atoms with van der Waals surface area (Å²) in [6.07, 6.45) is 3.83. The summed E-state index contributed by atoms with van der Waals surface area (Å²) in [5.74, 6) is 0. The molecule has 0 amide bonds. The Balaban J connectivity index is 0.000000229. The van der Waals surface area contributed by atoms with Gasteiger partial charge in [-0.2, -0.15) is 232 Å². The largest absolute Gasteiger partial charge is 2.00 e. The summed E-state index contributed by atoms with van der Waals surface area (Å²) in [5.41, 5.74) is 20.3. The van der Waals surface area contributed by atoms with Gasteiger partial charge in [-0.25, -0.2) is 20.0 Å². The van der Waals surface area contributed by atoms with Crippen LogP contribution in [0.3, 0.4) is 0 Å². The second-order valence-electron chi connectivity index (χ2n) is 39.4. The average molecular weight is 2940 g/mol. The number of para-hydroxylation sites is 9. The van der Waals surface area contributed by atoms with Crippen molar-refractivity contribution in [3.8, 4) is 0 Å². The number of nitrogens with one attached hydrogen (secondary N) is 1. The Morgan fingerprint density at radius 3 is 0.902 bits per heavy atom. The van der Waals surface area contributed by atoms with Gasteiger partial charge in [-0.05, 0) is 88.4 Å². The van der Waals surface area contributed by atoms with Crippen molar-refractivity contribution in [3.05, 3.63) is 422 Å². The Hall–Kier alpha value is -7.32. The van der Waals surface area contributed by atoms with Crippen LogP contribution >= 0.6 is 0 Å². The molecule has 14 nitrogen and oxygen atoms in total. The molecular weight excluding hydrogens is 2800 g/mol. The molecule has 0 aromatic heterocycles. The van der Waals surface area contributed by atoms with E-state index in [4.69, 9.17) is 0 Å². The molecule has 0 spiro atoms. The number of aryl methyl sites for hydroxylation is 2. The molecule has 2 radical (unpaired) electrons. The van der Waals surface area contributed by atoms with Crippen molar-refractivity contribution in [2.24, 2.45) is 5.41 Å². The molecule has 0 aliphatic carbocycles. The van der Waals surface area contributed by atoms with Crippen molar-refractivity contribution >= 4 is 150 Å². The van der Waals surface area contributed by atoms with Gasteiger partial charge in [0.2, 0.25) is 47.9 Å². The first-order chi connectivity index (χ1) is 66.0. The summed E-state index contributed by atoms with van der Waals surface area (Å²) < 4.78 is 0. The monoisotopic (exact) mass is 2950 g/mol. The van der Waals surface area contributed by atoms with Crippen molar-refractivity contribution in [3.63, 3.8) is 0 Å². The maximum atomic E-state index is 3.45. The number of benzene rings is 12. The maximum absolute atomic E-state index is 3.45. The number of hydrogen-bond donors (Lipinski definition) is 1. The standard InChI is InChI=1S/C27H24B2N2.C20H26B2N2.C17H20B2N2.C14H22B2N2.2C12H18B2N2.C9H8N2.2Ir.4Os/c1-23-28(24-14-6-2-7-15-24)30(26-18-10-4-11-19-26)22-31(27-20-12-5-13-21-27)29(23)25-16-8-3-9-17-25;1-20(2,3)19-21(4)23(17-12-8-6-9-13-17)16-24(22(19)5)18-14-10-7-11-15-18;1-15-18(2)20(16-10-6-4-7-11-16)14-21(19(15)3)17-12-8-5-9-13-17;1-11-7-8-14(12(2)9-11)18-10-17(6)15(4)13(3)16(18)5;2*1-11-13(2)15(4)10-16(14(11)3)12-8-6-5-7-9-12;1-2-4-9(5-3-1)11-7-6-10-8-11;;;;;;/h2-20,22-23H,1H3;6-14,16,19H,1-5H3;4-12,14-15H,1-3H3;7,9-10,13H,1-6H3;2*5-8,10-11H,1-4H3;1-4,6-8,10H;;;;;;/q7*-2;;;4*+2. The van der Waals surface area contributed by atoms with E-state index in [0.717, 1.165) is 34.1 Å². The predicted molar refractivity (Wildman–Crippen MR) is 606 cm³/mol. The molecule has 32 heteroatoms. The Morgan fingerprint density at radius 2 is 0.566 bits per heavy atom. The van der Waals surface area contributed by atoms with Crippen LogP contribution < -0.4 is 64.4 Å². The predicted octanol–water partition coefficient (Wildman–Crippen LogP) is 23.6. The first-order valence-corrected chi connectivity index (χ1v) is 49.4. The molecule has 19 rings (SSSR count). The van der Waals surface area contributed by atoms with Crippen molar-refractivity contribution in [1.82, 2.24) is 19.7 Å². The summed E-state index contributed by atoms with van der Waals surface area (Å²) in [5, 5.41) is 2.97. The second kappa shape index (κ2) is 59.2. The quantitative estimate of drug-likeness (QED) is 0.0933. The minimum absolute atomic E-state index is 0. The Bertz CT molecular complexity index is 5330. The van der Waals surface area contributed by atoms with Gasteiger partial charge in [0.25, 0.3) is 13.7 Å². The number of rotatable bonds is 12. The van der Waals surface area contributed by atoms with Crippen LogP contribution in [0.2, 0.25) is 103 Å². The zero-order chi connectivity index (χ0) is 97.6. The molecule has 7 heterocycles. The summed E-state index contributed by atoms with van der Waals surface area (Å²) in [7, 11) is 6.44. The van der Waals surface area contributed by atoms with E-state index >= 15 is 0 Å². The van der Waals surface area contributed by atoms with Crippen LogP contribution in [0.4, 0.5) is 56.9 Å². The zero-order valence-electron chi connectivity index (χ0n) is 87.4. The van der Waals surface area contributed by atoms with E-state index in [2.05, 4.69) is 529 Å². The molecule has 0 bridgehead atoms. The smallest absolute Gasteiger partial charge is 0.575 e. The van der Waals surface area contributed by atoms with Crippen molar-refractivity contribution < 1.29 is 119 Å². The van der Waals surface area contributed by atoms with Gasteiger partial charge < -0.3 is 67.9 Å². The maximum Gasteiger partial charge on any atom is 2.00 e. The number of nitrogens with zero attached hydrogens (tertiary/aromatic N) is 13. The van der Waals surface area contributed by atoms with Crippen LogP contribution in [-0.2, 0) is 119 Å². The summed E-state index contributed by atoms with van der Waals surface area (Å²) in [6.45, 7) is 66.8. The zero-order valence-corrected chi connectivity index (χ0v) is 102. The van der Waals surface area contributed by atoms with Crippen molar-refractivity contribution in [2.75, 3.05) is 69.3 Å². The topological polar surface area (TPSA) is 54.2 Å². The molecular formula is C111H136B12Ir2N14Os4-6. The number of hydrogen-bond acceptors (Lipinski definition) is 14. The summed E-state index contributed by atoms with van der Waals surface area (Å²) in [4.78, 5) is 30.1. The van der Waals surface area contributed by atoms with Gasteiger partial charge >= 0.3 is 79.2 Å².